The van der Waals surface area contributed by atoms with Crippen LogP contribution in [0.3, 0.4) is 0 Å². The first kappa shape index (κ1) is 16.2. The lowest BCUT2D eigenvalue weighted by Gasteiger charge is -2.36. The van der Waals surface area contributed by atoms with E-state index in [0.29, 0.717) is 5.02 Å². The molecule has 0 saturated carbocycles. The molecule has 4 nitrogen and oxygen atoms in total. The van der Waals surface area contributed by atoms with E-state index in [9.17, 15) is 4.79 Å². The maximum Gasteiger partial charge on any atom is 0.173 e. The predicted molar refractivity (Wildman–Crippen MR) is 101 cm³/mol. The lowest BCUT2D eigenvalue weighted by molar-refractivity contribution is 0.112. The van der Waals surface area contributed by atoms with E-state index in [1.807, 2.05) is 36.4 Å². The summed E-state index contributed by atoms with van der Waals surface area (Å²) in [4.78, 5) is 16.0. The number of halogens is 1. The Morgan fingerprint density at radius 1 is 1.13 bits per heavy atom. The third-order valence-electron chi connectivity index (χ3n) is 3.70. The Bertz CT molecular complexity index is 694. The van der Waals surface area contributed by atoms with Crippen molar-refractivity contribution in [2.75, 3.05) is 36.4 Å². The molecule has 1 aliphatic rings. The second kappa shape index (κ2) is 7.29. The average molecular weight is 366 g/mol. The highest BCUT2D eigenvalue weighted by Crippen LogP contribution is 2.26. The van der Waals surface area contributed by atoms with E-state index in [4.69, 9.17) is 23.8 Å². The molecule has 0 aliphatic carbocycles. The summed E-state index contributed by atoms with van der Waals surface area (Å²) in [5.74, 6) is 0. The van der Waals surface area contributed by atoms with Gasteiger partial charge in [0.2, 0.25) is 0 Å². The fourth-order valence-corrected chi connectivity index (χ4v) is 3.74. The summed E-state index contributed by atoms with van der Waals surface area (Å²) in [6.45, 7) is 3.49. The van der Waals surface area contributed by atoms with Crippen molar-refractivity contribution in [2.45, 2.75) is 0 Å². The van der Waals surface area contributed by atoms with Crippen LogP contribution in [-0.4, -0.2) is 42.5 Å². The van der Waals surface area contributed by atoms with Crippen LogP contribution in [-0.2, 0) is 0 Å². The maximum atomic E-state index is 10.8. The molecule has 1 saturated heterocycles. The molecule has 2 heterocycles. The van der Waals surface area contributed by atoms with Crippen LogP contribution in [0.4, 0.5) is 10.7 Å². The zero-order chi connectivity index (χ0) is 16.2. The monoisotopic (exact) mass is 365 g/mol. The topological polar surface area (TPSA) is 35.6 Å². The molecule has 120 valence electrons. The van der Waals surface area contributed by atoms with Gasteiger partial charge >= 0.3 is 0 Å². The minimum absolute atomic E-state index is 0.709. The van der Waals surface area contributed by atoms with Crippen LogP contribution in [0.5, 0.6) is 0 Å². The van der Waals surface area contributed by atoms with Crippen LogP contribution in [0.2, 0.25) is 5.02 Å². The van der Waals surface area contributed by atoms with E-state index in [-0.39, 0.29) is 0 Å². The average Bonchev–Trinajstić information content (AvgIpc) is 3.06. The molecule has 0 radical (unpaired) electrons. The fourth-order valence-electron chi connectivity index (χ4n) is 2.44. The molecule has 3 rings (SSSR count). The number of hydrogen-bond donors (Lipinski definition) is 1. The van der Waals surface area contributed by atoms with Gasteiger partial charge in [-0.25, -0.2) is 0 Å². The Balaban J connectivity index is 1.54. The van der Waals surface area contributed by atoms with Gasteiger partial charge in [-0.2, -0.15) is 0 Å². The number of anilines is 2. The van der Waals surface area contributed by atoms with E-state index in [0.717, 1.165) is 53.1 Å². The van der Waals surface area contributed by atoms with Gasteiger partial charge in [0.25, 0.3) is 0 Å². The van der Waals surface area contributed by atoms with Gasteiger partial charge in [-0.15, -0.1) is 11.3 Å². The second-order valence-electron chi connectivity index (χ2n) is 5.20. The number of thiocarbonyl (C=S) groups is 1. The van der Waals surface area contributed by atoms with Crippen molar-refractivity contribution in [2.24, 2.45) is 0 Å². The summed E-state index contributed by atoms with van der Waals surface area (Å²) in [6.07, 6.45) is 0.898. The van der Waals surface area contributed by atoms with Crippen molar-refractivity contribution in [1.29, 1.82) is 0 Å². The third kappa shape index (κ3) is 4.02. The standard InChI is InChI=1S/C16H16ClN3OS2/c17-12-1-3-13(4-2-12)18-16(22)20-9-7-19(8-10-20)15-6-5-14(11-21)23-15/h1-6,11H,7-10H2,(H,18,22). The Hall–Kier alpha value is -1.63. The number of thiophene rings is 1. The lowest BCUT2D eigenvalue weighted by Crippen LogP contribution is -2.49. The fraction of sp³-hybridized carbons (Fsp3) is 0.250. The number of carbonyl (C=O) groups excluding carboxylic acids is 1. The minimum atomic E-state index is 0.709. The Morgan fingerprint density at radius 3 is 2.43 bits per heavy atom. The first-order valence-corrected chi connectivity index (χ1v) is 8.87. The molecule has 1 aliphatic heterocycles. The van der Waals surface area contributed by atoms with E-state index < -0.39 is 0 Å². The summed E-state index contributed by atoms with van der Waals surface area (Å²) in [6, 6.07) is 11.4. The maximum absolute atomic E-state index is 10.8. The molecule has 1 N–H and O–H groups in total. The second-order valence-corrected chi connectivity index (χ2v) is 7.12. The van der Waals surface area contributed by atoms with Crippen molar-refractivity contribution >= 4 is 57.2 Å². The van der Waals surface area contributed by atoms with Crippen molar-refractivity contribution in [3.8, 4) is 0 Å². The molecule has 0 bridgehead atoms. The number of rotatable bonds is 3. The molecule has 0 unspecified atom stereocenters. The number of nitrogens with zero attached hydrogens (tertiary/aromatic N) is 2. The highest BCUT2D eigenvalue weighted by molar-refractivity contribution is 7.80. The van der Waals surface area contributed by atoms with Crippen LogP contribution in [0.25, 0.3) is 0 Å². The van der Waals surface area contributed by atoms with Crippen LogP contribution >= 0.6 is 35.2 Å². The molecular weight excluding hydrogens is 350 g/mol. The van der Waals surface area contributed by atoms with Crippen molar-refractivity contribution in [1.82, 2.24) is 4.90 Å². The van der Waals surface area contributed by atoms with Crippen LogP contribution in [0.1, 0.15) is 9.67 Å². The van der Waals surface area contributed by atoms with Crippen LogP contribution in [0.15, 0.2) is 36.4 Å². The summed E-state index contributed by atoms with van der Waals surface area (Å²) in [5, 5.41) is 5.82. The summed E-state index contributed by atoms with van der Waals surface area (Å²) < 4.78 is 0. The van der Waals surface area contributed by atoms with E-state index in [1.54, 1.807) is 0 Å². The molecule has 7 heteroatoms. The largest absolute Gasteiger partial charge is 0.360 e. The number of nitrogens with one attached hydrogen (secondary N) is 1. The van der Waals surface area contributed by atoms with Gasteiger partial charge in [-0.1, -0.05) is 11.6 Å². The molecule has 1 aromatic heterocycles. The Labute approximate surface area is 149 Å². The van der Waals surface area contributed by atoms with Gasteiger partial charge < -0.3 is 15.1 Å². The minimum Gasteiger partial charge on any atom is -0.360 e. The summed E-state index contributed by atoms with van der Waals surface area (Å²) >= 11 is 12.9. The van der Waals surface area contributed by atoms with Gasteiger partial charge in [0.15, 0.2) is 11.4 Å². The molecule has 2 aromatic rings. The first-order chi connectivity index (χ1) is 11.2. The predicted octanol–water partition coefficient (Wildman–Crippen LogP) is 3.73. The SMILES string of the molecule is O=Cc1ccc(N2CCN(C(=S)Nc3ccc(Cl)cc3)CC2)s1. The number of piperazine rings is 1. The highest BCUT2D eigenvalue weighted by atomic mass is 35.5. The van der Waals surface area contributed by atoms with Gasteiger partial charge in [0, 0.05) is 36.9 Å². The molecule has 1 fully saturated rings. The van der Waals surface area contributed by atoms with Gasteiger partial charge in [0.1, 0.15) is 0 Å². The number of benzene rings is 1. The molecule has 1 aromatic carbocycles. The summed E-state index contributed by atoms with van der Waals surface area (Å²) in [7, 11) is 0. The number of hydrogen-bond acceptors (Lipinski definition) is 4. The van der Waals surface area contributed by atoms with Gasteiger partial charge in [0.05, 0.1) is 9.88 Å². The first-order valence-electron chi connectivity index (χ1n) is 7.27. The van der Waals surface area contributed by atoms with Crippen LogP contribution in [0, 0.1) is 0 Å². The zero-order valence-electron chi connectivity index (χ0n) is 12.4. The van der Waals surface area contributed by atoms with Crippen molar-refractivity contribution in [3.05, 3.63) is 46.3 Å². The lowest BCUT2D eigenvalue weighted by atomic mass is 10.3. The molecule has 23 heavy (non-hydrogen) atoms. The Morgan fingerprint density at radius 2 is 1.83 bits per heavy atom. The van der Waals surface area contributed by atoms with Gasteiger partial charge in [-0.05, 0) is 48.6 Å². The normalized spacial score (nSPS) is 14.7. The quantitative estimate of drug-likeness (QED) is 0.662. The van der Waals surface area contributed by atoms with E-state index in [2.05, 4.69) is 15.1 Å². The molecular formula is C16H16ClN3OS2. The highest BCUT2D eigenvalue weighted by Gasteiger charge is 2.20. The summed E-state index contributed by atoms with van der Waals surface area (Å²) in [5.41, 5.74) is 0.940. The zero-order valence-corrected chi connectivity index (χ0v) is 14.8. The van der Waals surface area contributed by atoms with E-state index in [1.165, 1.54) is 11.3 Å². The number of carbonyl (C=O) groups is 1. The Kier molecular flexibility index (Phi) is 5.15. The molecule has 0 atom stereocenters. The third-order valence-corrected chi connectivity index (χ3v) is 5.39. The molecule has 0 amide bonds. The van der Waals surface area contributed by atoms with Crippen LogP contribution < -0.4 is 10.2 Å². The van der Waals surface area contributed by atoms with E-state index >= 15 is 0 Å². The van der Waals surface area contributed by atoms with Crippen molar-refractivity contribution in [3.63, 3.8) is 0 Å². The smallest absolute Gasteiger partial charge is 0.173 e. The number of aldehydes is 1. The molecule has 0 spiro atoms. The van der Waals surface area contributed by atoms with Crippen molar-refractivity contribution < 1.29 is 4.79 Å². The van der Waals surface area contributed by atoms with Gasteiger partial charge in [-0.3, -0.25) is 4.79 Å².